The molecule has 1 saturated heterocycles. The van der Waals surface area contributed by atoms with Gasteiger partial charge in [0.2, 0.25) is 0 Å². The minimum atomic E-state index is -5.31. The normalized spacial score (nSPS) is 19.1. The maximum atomic E-state index is 12.9. The zero-order valence-corrected chi connectivity index (χ0v) is 20.3. The van der Waals surface area contributed by atoms with E-state index in [2.05, 4.69) is 14.2 Å². The Hall–Kier alpha value is -1.79. The molecule has 1 unspecified atom stereocenters. The lowest BCUT2D eigenvalue weighted by molar-refractivity contribution is 0.0342. The predicted molar refractivity (Wildman–Crippen MR) is 122 cm³/mol. The van der Waals surface area contributed by atoms with Gasteiger partial charge in [-0.25, -0.2) is 14.2 Å². The average molecular weight is 519 g/mol. The molecule has 34 heavy (non-hydrogen) atoms. The van der Waals surface area contributed by atoms with Crippen molar-refractivity contribution in [2.24, 2.45) is 0 Å². The van der Waals surface area contributed by atoms with Crippen LogP contribution in [0.1, 0.15) is 24.5 Å². The molecule has 2 aromatic rings. The summed E-state index contributed by atoms with van der Waals surface area (Å²) in [6.45, 7) is 5.65. The number of H-pyrrole nitrogens is 1. The van der Waals surface area contributed by atoms with Crippen LogP contribution in [-0.4, -0.2) is 64.0 Å². The van der Waals surface area contributed by atoms with Crippen LogP contribution in [-0.2, 0) is 35.8 Å². The number of nitrogens with one attached hydrogen (secondary N) is 1. The third-order valence-corrected chi connectivity index (χ3v) is 7.55. The van der Waals surface area contributed by atoms with E-state index in [1.165, 1.54) is 0 Å². The van der Waals surface area contributed by atoms with Crippen LogP contribution < -0.4 is 15.4 Å². The minimum absolute atomic E-state index is 0.0850. The molecule has 0 amide bonds. The lowest BCUT2D eigenvalue weighted by Crippen LogP contribution is -2.35. The number of pyridine rings is 1. The van der Waals surface area contributed by atoms with Gasteiger partial charge < -0.3 is 29.1 Å². The fourth-order valence-corrected chi connectivity index (χ4v) is 5.83. The molecule has 0 radical (unpaired) electrons. The van der Waals surface area contributed by atoms with Gasteiger partial charge in [-0.1, -0.05) is 0 Å². The summed E-state index contributed by atoms with van der Waals surface area (Å²) in [7, 11) is -10.5. The summed E-state index contributed by atoms with van der Waals surface area (Å²) in [5.41, 5.74) is 1.45. The van der Waals surface area contributed by atoms with Crippen molar-refractivity contribution in [2.75, 3.05) is 44.5 Å². The van der Waals surface area contributed by atoms with E-state index in [4.69, 9.17) is 23.9 Å². The Morgan fingerprint density at radius 1 is 1.15 bits per heavy atom. The Labute approximate surface area is 195 Å². The molecule has 0 saturated carbocycles. The number of hydrogen-bond donors (Lipinski definition) is 4. The van der Waals surface area contributed by atoms with Crippen LogP contribution in [0, 0.1) is 0 Å². The summed E-state index contributed by atoms with van der Waals surface area (Å²) >= 11 is 0. The van der Waals surface area contributed by atoms with Gasteiger partial charge in [0.25, 0.3) is 5.56 Å². The number of fused-ring (bicyclic) bond motifs is 3. The van der Waals surface area contributed by atoms with Crippen molar-refractivity contribution in [2.45, 2.75) is 26.3 Å². The molecule has 1 aromatic carbocycles. The summed E-state index contributed by atoms with van der Waals surface area (Å²) in [6, 6.07) is 3.66. The van der Waals surface area contributed by atoms with Crippen LogP contribution in [0.3, 0.4) is 0 Å². The second kappa shape index (κ2) is 10.1. The molecular weight excluding hydrogens is 492 g/mol. The van der Waals surface area contributed by atoms with Crippen LogP contribution in [0.25, 0.3) is 10.9 Å². The first-order valence-electron chi connectivity index (χ1n) is 10.8. The quantitative estimate of drug-likeness (QED) is 0.372. The van der Waals surface area contributed by atoms with Crippen LogP contribution >= 0.6 is 15.6 Å². The number of nitrogens with zero attached hydrogens (tertiary/aromatic N) is 2. The molecule has 1 atom stereocenters. The van der Waals surface area contributed by atoms with Gasteiger partial charge in [0.1, 0.15) is 5.75 Å². The van der Waals surface area contributed by atoms with Crippen LogP contribution in [0.15, 0.2) is 16.9 Å². The van der Waals surface area contributed by atoms with Crippen molar-refractivity contribution in [1.82, 2.24) is 9.88 Å². The van der Waals surface area contributed by atoms with Crippen molar-refractivity contribution < 1.29 is 42.2 Å². The van der Waals surface area contributed by atoms with Crippen LogP contribution in [0.2, 0.25) is 0 Å². The first-order chi connectivity index (χ1) is 16.1. The Kier molecular flexibility index (Phi) is 7.49. The summed E-state index contributed by atoms with van der Waals surface area (Å²) < 4.78 is 43.6. The summed E-state index contributed by atoms with van der Waals surface area (Å²) in [6.07, 6.45) is 0.771. The fraction of sp³-hybridized carbons (Fsp3) is 0.526. The number of aromatic nitrogens is 1. The summed E-state index contributed by atoms with van der Waals surface area (Å²) in [5.74, 6) is 0.440. The Morgan fingerprint density at radius 3 is 2.56 bits per heavy atom. The molecule has 2 aliphatic rings. The molecule has 3 heterocycles. The highest BCUT2D eigenvalue weighted by atomic mass is 31.3. The molecule has 15 heteroatoms. The van der Waals surface area contributed by atoms with Crippen LogP contribution in [0.5, 0.6) is 5.75 Å². The predicted octanol–water partition coefficient (Wildman–Crippen LogP) is 1.65. The van der Waals surface area contributed by atoms with Crippen molar-refractivity contribution >= 4 is 32.2 Å². The van der Waals surface area contributed by atoms with Crippen molar-refractivity contribution in [3.63, 3.8) is 0 Å². The van der Waals surface area contributed by atoms with Crippen molar-refractivity contribution in [3.8, 4) is 5.75 Å². The van der Waals surface area contributed by atoms with Crippen LogP contribution in [0.4, 0.5) is 5.69 Å². The maximum Gasteiger partial charge on any atom is 0.502 e. The van der Waals surface area contributed by atoms with Gasteiger partial charge >= 0.3 is 15.6 Å². The number of rotatable bonds is 8. The second-order valence-electron chi connectivity index (χ2n) is 7.95. The summed E-state index contributed by atoms with van der Waals surface area (Å²) in [4.78, 5) is 45.8. The van der Waals surface area contributed by atoms with Crippen molar-refractivity contribution in [1.29, 1.82) is 0 Å². The molecular formula is C19H27N3O10P2. The number of phosphoric acid groups is 2. The smallest absolute Gasteiger partial charge is 0.493 e. The summed E-state index contributed by atoms with van der Waals surface area (Å²) in [5, 5.41) is 1.44. The average Bonchev–Trinajstić information content (AvgIpc) is 2.73. The standard InChI is InChI=1S/C19H27N3O10P2/c1-2-30-16-11-13(12-21-6-8-29-9-7-21)10-15-17(16)18-14(19(23)20-15)4-3-5-22(18)31-34(27,28)32-33(24,25)26/h10-11H,2-9,12H2,1H3,(H,20,23)(H,27,28)(H2,24,25,26). The van der Waals surface area contributed by atoms with E-state index >= 15 is 0 Å². The van der Waals surface area contributed by atoms with E-state index in [0.717, 1.165) is 23.7 Å². The van der Waals surface area contributed by atoms with Gasteiger partial charge in [0.15, 0.2) is 0 Å². The molecule has 13 nitrogen and oxygen atoms in total. The van der Waals surface area contributed by atoms with Gasteiger partial charge in [-0.15, -0.1) is 0 Å². The maximum absolute atomic E-state index is 12.9. The fourth-order valence-electron chi connectivity index (χ4n) is 4.22. The first kappa shape index (κ1) is 25.3. The number of hydroxylamine groups is 1. The number of aromatic amines is 1. The minimum Gasteiger partial charge on any atom is -0.493 e. The van der Waals surface area contributed by atoms with E-state index in [1.54, 1.807) is 0 Å². The molecule has 1 aromatic heterocycles. The van der Waals surface area contributed by atoms with E-state index in [-0.39, 0.29) is 12.2 Å². The third kappa shape index (κ3) is 5.88. The zero-order chi connectivity index (χ0) is 24.5. The number of benzene rings is 1. The highest BCUT2D eigenvalue weighted by Crippen LogP contribution is 2.59. The third-order valence-electron chi connectivity index (χ3n) is 5.47. The lowest BCUT2D eigenvalue weighted by Gasteiger charge is -2.32. The molecule has 0 spiro atoms. The molecule has 4 N–H and O–H groups in total. The zero-order valence-electron chi connectivity index (χ0n) is 18.5. The highest BCUT2D eigenvalue weighted by Gasteiger charge is 2.37. The van der Waals surface area contributed by atoms with E-state index < -0.39 is 21.2 Å². The molecule has 188 valence electrons. The van der Waals surface area contributed by atoms with Gasteiger partial charge in [0, 0.05) is 31.7 Å². The highest BCUT2D eigenvalue weighted by molar-refractivity contribution is 7.60. The lowest BCUT2D eigenvalue weighted by atomic mass is 9.99. The molecule has 2 aliphatic heterocycles. The number of anilines is 1. The Balaban J connectivity index is 1.80. The first-order valence-corrected chi connectivity index (χ1v) is 13.8. The Bertz CT molecular complexity index is 1210. The number of ether oxygens (including phenoxy) is 2. The molecule has 4 rings (SSSR count). The molecule has 1 fully saturated rings. The number of morpholine rings is 1. The van der Waals surface area contributed by atoms with E-state index in [9.17, 15) is 18.8 Å². The van der Waals surface area contributed by atoms with Crippen molar-refractivity contribution in [3.05, 3.63) is 33.6 Å². The molecule has 0 aliphatic carbocycles. The topological polar surface area (TPSA) is 171 Å². The number of hydrogen-bond acceptors (Lipinski definition) is 9. The van der Waals surface area contributed by atoms with E-state index in [0.29, 0.717) is 61.4 Å². The monoisotopic (exact) mass is 519 g/mol. The van der Waals surface area contributed by atoms with E-state index in [1.807, 2.05) is 19.1 Å². The molecule has 0 bridgehead atoms. The largest absolute Gasteiger partial charge is 0.502 e. The second-order valence-corrected chi connectivity index (χ2v) is 10.7. The van der Waals surface area contributed by atoms with Gasteiger partial charge in [-0.3, -0.25) is 9.69 Å². The van der Waals surface area contributed by atoms with Gasteiger partial charge in [-0.05, 0) is 37.5 Å². The van der Waals surface area contributed by atoms with Gasteiger partial charge in [0.05, 0.1) is 36.4 Å². The van der Waals surface area contributed by atoms with Gasteiger partial charge in [-0.2, -0.15) is 8.94 Å². The Morgan fingerprint density at radius 2 is 1.88 bits per heavy atom. The SMILES string of the molecule is CCOc1cc(CN2CCOCC2)cc2[nH]c(=O)c3c(c12)N(OP(=O)(O)OP(=O)(O)O)CCC3.